The van der Waals surface area contributed by atoms with Gasteiger partial charge in [-0.1, -0.05) is 66.2 Å². The number of aromatic nitrogens is 2. The molecule has 0 aliphatic rings. The van der Waals surface area contributed by atoms with E-state index in [1.54, 1.807) is 24.3 Å². The summed E-state index contributed by atoms with van der Waals surface area (Å²) >= 11 is 6.71. The quantitative estimate of drug-likeness (QED) is 0.137. The molecule has 3 N–H and O–H groups in total. The van der Waals surface area contributed by atoms with Crippen LogP contribution in [0.2, 0.25) is 5.02 Å². The molecule has 1 unspecified atom stereocenters. The molecule has 0 spiro atoms. The molecular weight excluding hydrogens is 610 g/mol. The second-order valence-electron chi connectivity index (χ2n) is 10.6. The lowest BCUT2D eigenvalue weighted by molar-refractivity contribution is -0.142. The average Bonchev–Trinajstić information content (AvgIpc) is 3.05. The molecule has 0 saturated heterocycles. The predicted molar refractivity (Wildman–Crippen MR) is 173 cm³/mol. The number of para-hydroxylation sites is 1. The van der Waals surface area contributed by atoms with Crippen molar-refractivity contribution < 1.29 is 28.9 Å². The van der Waals surface area contributed by atoms with Crippen LogP contribution in [-0.4, -0.2) is 38.3 Å². The lowest BCUT2D eigenvalue weighted by Gasteiger charge is -2.20. The Bertz CT molecular complexity index is 2100. The molecule has 2 aromatic heterocycles. The summed E-state index contributed by atoms with van der Waals surface area (Å²) < 4.78 is 17.8. The number of benzene rings is 4. The summed E-state index contributed by atoms with van der Waals surface area (Å²) in [6.45, 7) is 1.49. The summed E-state index contributed by atoms with van der Waals surface area (Å²) in [4.78, 5) is 32.3. The molecule has 0 amide bonds. The molecule has 0 saturated carbocycles. The number of carboxylic acids is 1. The number of fused-ring (bicyclic) bond motifs is 2. The minimum Gasteiger partial charge on any atom is -0.488 e. The minimum absolute atomic E-state index is 0.0146. The van der Waals surface area contributed by atoms with Gasteiger partial charge in [-0.2, -0.15) is 0 Å². The number of carboxylic acid groups (broad SMARTS) is 1. The molecule has 0 bridgehead atoms. The summed E-state index contributed by atoms with van der Waals surface area (Å²) in [7, 11) is 0. The second-order valence-corrected chi connectivity index (χ2v) is 11.0. The Morgan fingerprint density at radius 1 is 0.978 bits per heavy atom. The van der Waals surface area contributed by atoms with Gasteiger partial charge in [0, 0.05) is 35.2 Å². The second kappa shape index (κ2) is 13.4. The van der Waals surface area contributed by atoms with E-state index in [1.807, 2.05) is 60.7 Å². The predicted octanol–water partition coefficient (Wildman–Crippen LogP) is 6.35. The van der Waals surface area contributed by atoms with Crippen molar-refractivity contribution in [1.29, 1.82) is 0 Å². The van der Waals surface area contributed by atoms with Crippen molar-refractivity contribution >= 4 is 39.4 Å². The maximum atomic E-state index is 11.7. The van der Waals surface area contributed by atoms with Gasteiger partial charge in [0.05, 0.1) is 22.0 Å². The molecule has 0 aliphatic carbocycles. The van der Waals surface area contributed by atoms with Crippen LogP contribution in [-0.2, 0) is 17.9 Å². The van der Waals surface area contributed by atoms with E-state index in [-0.39, 0.29) is 29.8 Å². The van der Waals surface area contributed by atoms with Crippen LogP contribution in [0.25, 0.3) is 33.0 Å². The zero-order chi connectivity index (χ0) is 32.2. The van der Waals surface area contributed by atoms with Gasteiger partial charge in [0.1, 0.15) is 30.3 Å². The van der Waals surface area contributed by atoms with E-state index >= 15 is 0 Å². The highest BCUT2D eigenvalue weighted by Gasteiger charge is 2.23. The lowest BCUT2D eigenvalue weighted by atomic mass is 10.0. The van der Waals surface area contributed by atoms with Crippen molar-refractivity contribution in [2.24, 2.45) is 0 Å². The van der Waals surface area contributed by atoms with E-state index in [0.717, 1.165) is 22.1 Å². The first kappa shape index (κ1) is 30.7. The molecule has 11 heteroatoms. The Hall–Kier alpha value is -5.29. The number of nitrogens with zero attached hydrogens (tertiary/aromatic N) is 2. The summed E-state index contributed by atoms with van der Waals surface area (Å²) in [5.74, 6) is -0.322. The molecular formula is C35H28ClN3O7. The zero-order valence-corrected chi connectivity index (χ0v) is 25.3. The molecule has 0 radical (unpaired) electrons. The van der Waals surface area contributed by atoms with Crippen molar-refractivity contribution in [2.75, 3.05) is 0 Å². The van der Waals surface area contributed by atoms with Crippen molar-refractivity contribution in [2.45, 2.75) is 32.2 Å². The number of nitrogens with one attached hydrogen (secondary N) is 1. The Labute approximate surface area is 267 Å². The SMILES string of the molecule is CC(O)[C@H](NCc1cc(Cl)c(Oc2ncnc3c(-c4ccccc4)cccc23)cc1OCc1ccc2ccc(=O)oc2c1)C(=O)O. The van der Waals surface area contributed by atoms with Crippen molar-refractivity contribution in [3.05, 3.63) is 124 Å². The molecule has 10 nitrogen and oxygen atoms in total. The van der Waals surface area contributed by atoms with Crippen molar-refractivity contribution in [3.63, 3.8) is 0 Å². The van der Waals surface area contributed by atoms with Crippen LogP contribution in [0.4, 0.5) is 0 Å². The van der Waals surface area contributed by atoms with Crippen LogP contribution in [0.5, 0.6) is 17.4 Å². The third-order valence-corrected chi connectivity index (χ3v) is 7.67. The van der Waals surface area contributed by atoms with E-state index in [1.165, 1.54) is 19.3 Å². The van der Waals surface area contributed by atoms with Crippen molar-refractivity contribution in [3.8, 4) is 28.5 Å². The molecule has 46 heavy (non-hydrogen) atoms. The van der Waals surface area contributed by atoms with E-state index in [2.05, 4.69) is 15.3 Å². The first-order valence-electron chi connectivity index (χ1n) is 14.4. The number of aliphatic carboxylic acids is 1. The summed E-state index contributed by atoms with van der Waals surface area (Å²) in [6.07, 6.45) is 0.271. The molecule has 4 aromatic carbocycles. The summed E-state index contributed by atoms with van der Waals surface area (Å²) in [5, 5.41) is 24.0. The van der Waals surface area contributed by atoms with Crippen LogP contribution in [0.3, 0.4) is 0 Å². The topological polar surface area (TPSA) is 144 Å². The highest BCUT2D eigenvalue weighted by atomic mass is 35.5. The third-order valence-electron chi connectivity index (χ3n) is 7.38. The average molecular weight is 638 g/mol. The Kier molecular flexibility index (Phi) is 8.93. The first-order chi connectivity index (χ1) is 22.3. The maximum Gasteiger partial charge on any atom is 0.336 e. The lowest BCUT2D eigenvalue weighted by Crippen LogP contribution is -2.44. The van der Waals surface area contributed by atoms with E-state index in [0.29, 0.717) is 27.8 Å². The largest absolute Gasteiger partial charge is 0.488 e. The summed E-state index contributed by atoms with van der Waals surface area (Å²) in [5.41, 5.74) is 3.82. The number of ether oxygens (including phenoxy) is 2. The Morgan fingerprint density at radius 3 is 2.57 bits per heavy atom. The number of hydrogen-bond acceptors (Lipinski definition) is 9. The smallest absolute Gasteiger partial charge is 0.336 e. The highest BCUT2D eigenvalue weighted by molar-refractivity contribution is 6.32. The maximum absolute atomic E-state index is 11.7. The van der Waals surface area contributed by atoms with Gasteiger partial charge in [-0.25, -0.2) is 14.8 Å². The van der Waals surface area contributed by atoms with Gasteiger partial charge in [-0.05, 0) is 42.3 Å². The van der Waals surface area contributed by atoms with Crippen LogP contribution in [0.15, 0.2) is 107 Å². The highest BCUT2D eigenvalue weighted by Crippen LogP contribution is 2.38. The van der Waals surface area contributed by atoms with Gasteiger partial charge >= 0.3 is 11.6 Å². The van der Waals surface area contributed by atoms with E-state index in [9.17, 15) is 19.8 Å². The van der Waals surface area contributed by atoms with Gasteiger partial charge in [-0.15, -0.1) is 0 Å². The van der Waals surface area contributed by atoms with Gasteiger partial charge in [-0.3, -0.25) is 10.1 Å². The molecule has 2 atom stereocenters. The Balaban J connectivity index is 1.34. The van der Waals surface area contributed by atoms with Crippen LogP contribution in [0.1, 0.15) is 18.1 Å². The number of carbonyl (C=O) groups is 1. The molecule has 0 aliphatic heterocycles. The zero-order valence-electron chi connectivity index (χ0n) is 24.5. The fourth-order valence-corrected chi connectivity index (χ4v) is 5.29. The van der Waals surface area contributed by atoms with Gasteiger partial charge in [0.25, 0.3) is 0 Å². The van der Waals surface area contributed by atoms with Crippen LogP contribution >= 0.6 is 11.6 Å². The third kappa shape index (κ3) is 6.69. The standard InChI is InChI=1S/C35H28ClN3O7/c1-20(40)32(35(42)43)37-17-24-15-27(36)30(16-28(24)44-18-21-10-11-23-12-13-31(41)45-29(23)14-21)46-34-26-9-5-8-25(33(26)38-19-39-34)22-6-3-2-4-7-22/h2-16,19-20,32,37,40H,17-18H2,1H3,(H,42,43)/t20?,32-/m0/s1. The van der Waals surface area contributed by atoms with Gasteiger partial charge < -0.3 is 24.1 Å². The molecule has 232 valence electrons. The normalized spacial score (nSPS) is 12.6. The number of aliphatic hydroxyl groups is 1. The number of rotatable bonds is 11. The van der Waals surface area contributed by atoms with E-state index < -0.39 is 23.7 Å². The number of hydrogen-bond donors (Lipinski definition) is 3. The van der Waals surface area contributed by atoms with E-state index in [4.69, 9.17) is 25.5 Å². The van der Waals surface area contributed by atoms with Gasteiger partial charge in [0.2, 0.25) is 5.88 Å². The molecule has 6 rings (SSSR count). The fraction of sp³-hybridized carbons (Fsp3) is 0.143. The van der Waals surface area contributed by atoms with Gasteiger partial charge in [0.15, 0.2) is 5.75 Å². The fourth-order valence-electron chi connectivity index (χ4n) is 5.07. The number of halogens is 1. The van der Waals surface area contributed by atoms with Crippen LogP contribution < -0.4 is 20.4 Å². The molecule has 2 heterocycles. The monoisotopic (exact) mass is 637 g/mol. The van der Waals surface area contributed by atoms with Crippen LogP contribution in [0, 0.1) is 0 Å². The first-order valence-corrected chi connectivity index (χ1v) is 14.7. The van der Waals surface area contributed by atoms with Crippen molar-refractivity contribution in [1.82, 2.24) is 15.3 Å². The molecule has 6 aromatic rings. The molecule has 0 fully saturated rings. The number of aliphatic hydroxyl groups excluding tert-OH is 1. The summed E-state index contributed by atoms with van der Waals surface area (Å²) in [6, 6.07) is 26.0. The Morgan fingerprint density at radius 2 is 1.78 bits per heavy atom. The minimum atomic E-state index is -1.22.